The molecule has 1 N–H and O–H groups in total. The second kappa shape index (κ2) is 8.28. The molecule has 0 aromatic heterocycles. The van der Waals surface area contributed by atoms with Crippen LogP contribution in [0.4, 0.5) is 5.69 Å². The number of carbonyl (C=O) groups is 1. The number of sulfonamides is 1. The zero-order valence-corrected chi connectivity index (χ0v) is 16.1. The van der Waals surface area contributed by atoms with Crippen LogP contribution >= 0.6 is 0 Å². The van der Waals surface area contributed by atoms with Crippen molar-refractivity contribution in [2.24, 2.45) is 0 Å². The van der Waals surface area contributed by atoms with Gasteiger partial charge in [-0.3, -0.25) is 14.9 Å². The quantitative estimate of drug-likeness (QED) is 0.575. The first kappa shape index (κ1) is 20.5. The van der Waals surface area contributed by atoms with Gasteiger partial charge in [-0.15, -0.1) is 0 Å². The highest BCUT2D eigenvalue weighted by Gasteiger charge is 2.19. The highest BCUT2D eigenvalue weighted by atomic mass is 32.2. The van der Waals surface area contributed by atoms with Gasteiger partial charge in [0, 0.05) is 25.7 Å². The van der Waals surface area contributed by atoms with Crippen LogP contribution < -0.4 is 5.32 Å². The highest BCUT2D eigenvalue weighted by molar-refractivity contribution is 7.89. The molecule has 2 aromatic rings. The molecule has 1 unspecified atom stereocenters. The van der Waals surface area contributed by atoms with E-state index in [9.17, 15) is 23.3 Å². The van der Waals surface area contributed by atoms with E-state index in [2.05, 4.69) is 5.32 Å². The van der Waals surface area contributed by atoms with Crippen LogP contribution in [-0.4, -0.2) is 37.6 Å². The number of para-hydroxylation sites is 1. The van der Waals surface area contributed by atoms with Gasteiger partial charge < -0.3 is 5.32 Å². The summed E-state index contributed by atoms with van der Waals surface area (Å²) in [5.74, 6) is -0.359. The van der Waals surface area contributed by atoms with Crippen molar-refractivity contribution in [2.75, 3.05) is 14.1 Å². The van der Waals surface area contributed by atoms with E-state index in [0.29, 0.717) is 5.56 Å². The number of benzene rings is 2. The first-order chi connectivity index (χ1) is 12.6. The summed E-state index contributed by atoms with van der Waals surface area (Å²) in [5.41, 5.74) is 0.960. The van der Waals surface area contributed by atoms with Crippen molar-refractivity contribution in [3.8, 4) is 0 Å². The molecule has 9 heteroatoms. The van der Waals surface area contributed by atoms with Gasteiger partial charge in [-0.2, -0.15) is 0 Å². The Bertz CT molecular complexity index is 940. The van der Waals surface area contributed by atoms with Crippen LogP contribution in [-0.2, 0) is 21.2 Å². The maximum atomic E-state index is 12.3. The average Bonchev–Trinajstić information content (AvgIpc) is 2.61. The van der Waals surface area contributed by atoms with Crippen molar-refractivity contribution in [3.63, 3.8) is 0 Å². The van der Waals surface area contributed by atoms with Crippen molar-refractivity contribution in [2.45, 2.75) is 24.3 Å². The van der Waals surface area contributed by atoms with Crippen LogP contribution in [0.15, 0.2) is 53.4 Å². The molecule has 0 radical (unpaired) electrons. The SMILES string of the molecule is CC(NC(=O)Cc1ccccc1[N+](=O)[O-])c1ccc(S(=O)(=O)N(C)C)cc1. The number of rotatable bonds is 7. The normalized spacial score (nSPS) is 12.6. The summed E-state index contributed by atoms with van der Waals surface area (Å²) >= 11 is 0. The largest absolute Gasteiger partial charge is 0.349 e. The van der Waals surface area contributed by atoms with Gasteiger partial charge in [0.05, 0.1) is 22.3 Å². The molecular formula is C18H21N3O5S. The van der Waals surface area contributed by atoms with Gasteiger partial charge in [0.2, 0.25) is 15.9 Å². The van der Waals surface area contributed by atoms with E-state index in [1.807, 2.05) is 0 Å². The molecule has 0 saturated carbocycles. The average molecular weight is 391 g/mol. The van der Waals surface area contributed by atoms with Crippen LogP contribution in [0.1, 0.15) is 24.1 Å². The van der Waals surface area contributed by atoms with E-state index in [-0.39, 0.29) is 29.0 Å². The lowest BCUT2D eigenvalue weighted by molar-refractivity contribution is -0.385. The maximum absolute atomic E-state index is 12.3. The van der Waals surface area contributed by atoms with Gasteiger partial charge in [0.1, 0.15) is 0 Å². The molecule has 8 nitrogen and oxygen atoms in total. The van der Waals surface area contributed by atoms with Crippen LogP contribution in [0.3, 0.4) is 0 Å². The van der Waals surface area contributed by atoms with Gasteiger partial charge in [-0.05, 0) is 24.6 Å². The molecule has 0 aliphatic heterocycles. The fraction of sp³-hybridized carbons (Fsp3) is 0.278. The number of amides is 1. The topological polar surface area (TPSA) is 110 Å². The Labute approximate surface area is 158 Å². The lowest BCUT2D eigenvalue weighted by Crippen LogP contribution is -2.28. The number of hydrogen-bond acceptors (Lipinski definition) is 5. The van der Waals surface area contributed by atoms with Gasteiger partial charge in [0.25, 0.3) is 5.69 Å². The Morgan fingerprint density at radius 3 is 2.30 bits per heavy atom. The first-order valence-electron chi connectivity index (χ1n) is 8.17. The predicted molar refractivity (Wildman–Crippen MR) is 101 cm³/mol. The Hall–Kier alpha value is -2.78. The van der Waals surface area contributed by atoms with Crippen LogP contribution in [0.25, 0.3) is 0 Å². The number of carbonyl (C=O) groups excluding carboxylic acids is 1. The van der Waals surface area contributed by atoms with E-state index >= 15 is 0 Å². The summed E-state index contributed by atoms with van der Waals surface area (Å²) in [6.07, 6.45) is -0.116. The van der Waals surface area contributed by atoms with Crippen LogP contribution in [0.2, 0.25) is 0 Å². The predicted octanol–water partition coefficient (Wildman–Crippen LogP) is 2.27. The number of nitrogens with zero attached hydrogens (tertiary/aromatic N) is 2. The van der Waals surface area contributed by atoms with Gasteiger partial charge in [0.15, 0.2) is 0 Å². The minimum Gasteiger partial charge on any atom is -0.349 e. The Morgan fingerprint density at radius 2 is 1.74 bits per heavy atom. The van der Waals surface area contributed by atoms with E-state index in [4.69, 9.17) is 0 Å². The Kier molecular flexibility index (Phi) is 6.29. The number of nitro groups is 1. The number of nitrogens with one attached hydrogen (secondary N) is 1. The molecule has 1 amide bonds. The zero-order valence-electron chi connectivity index (χ0n) is 15.2. The van der Waals surface area contributed by atoms with Crippen molar-refractivity contribution in [1.82, 2.24) is 9.62 Å². The zero-order chi connectivity index (χ0) is 20.2. The van der Waals surface area contributed by atoms with Crippen molar-refractivity contribution in [3.05, 3.63) is 69.8 Å². The Balaban J connectivity index is 2.08. The summed E-state index contributed by atoms with van der Waals surface area (Å²) in [6.45, 7) is 1.76. The van der Waals surface area contributed by atoms with Crippen LogP contribution in [0.5, 0.6) is 0 Å². The van der Waals surface area contributed by atoms with E-state index < -0.39 is 14.9 Å². The molecule has 0 fully saturated rings. The van der Waals surface area contributed by atoms with Crippen molar-refractivity contribution >= 4 is 21.6 Å². The lowest BCUT2D eigenvalue weighted by Gasteiger charge is -2.16. The molecule has 0 aliphatic rings. The van der Waals surface area contributed by atoms with Gasteiger partial charge in [-0.1, -0.05) is 30.3 Å². The molecule has 27 heavy (non-hydrogen) atoms. The fourth-order valence-corrected chi connectivity index (χ4v) is 3.43. The third-order valence-corrected chi connectivity index (χ3v) is 5.90. The summed E-state index contributed by atoms with van der Waals surface area (Å²) in [4.78, 5) is 22.9. The monoisotopic (exact) mass is 391 g/mol. The molecule has 2 aromatic carbocycles. The van der Waals surface area contributed by atoms with Crippen molar-refractivity contribution in [1.29, 1.82) is 0 Å². The smallest absolute Gasteiger partial charge is 0.273 e. The lowest BCUT2D eigenvalue weighted by atomic mass is 10.1. The summed E-state index contributed by atoms with van der Waals surface area (Å²) in [6, 6.07) is 11.9. The third kappa shape index (κ3) is 4.89. The second-order valence-corrected chi connectivity index (χ2v) is 8.36. The molecule has 0 heterocycles. The Morgan fingerprint density at radius 1 is 1.15 bits per heavy atom. The molecule has 0 aliphatic carbocycles. The molecule has 2 rings (SSSR count). The minimum absolute atomic E-state index is 0.0986. The molecule has 144 valence electrons. The highest BCUT2D eigenvalue weighted by Crippen LogP contribution is 2.20. The number of nitro benzene ring substituents is 1. The van der Waals surface area contributed by atoms with E-state index in [0.717, 1.165) is 9.87 Å². The summed E-state index contributed by atoms with van der Waals surface area (Å²) in [7, 11) is -0.607. The van der Waals surface area contributed by atoms with Gasteiger partial charge >= 0.3 is 0 Å². The molecular weight excluding hydrogens is 370 g/mol. The van der Waals surface area contributed by atoms with E-state index in [1.165, 1.54) is 32.3 Å². The third-order valence-electron chi connectivity index (χ3n) is 4.08. The molecule has 0 spiro atoms. The van der Waals surface area contributed by atoms with Crippen molar-refractivity contribution < 1.29 is 18.1 Å². The number of hydrogen-bond donors (Lipinski definition) is 1. The maximum Gasteiger partial charge on any atom is 0.273 e. The minimum atomic E-state index is -3.51. The van der Waals surface area contributed by atoms with Crippen LogP contribution in [0, 0.1) is 10.1 Å². The summed E-state index contributed by atoms with van der Waals surface area (Å²) in [5, 5.41) is 13.8. The molecule has 0 bridgehead atoms. The molecule has 0 saturated heterocycles. The molecule has 1 atom stereocenters. The fourth-order valence-electron chi connectivity index (χ4n) is 2.53. The first-order valence-corrected chi connectivity index (χ1v) is 9.61. The van der Waals surface area contributed by atoms with E-state index in [1.54, 1.807) is 37.3 Å². The summed E-state index contributed by atoms with van der Waals surface area (Å²) < 4.78 is 25.3. The second-order valence-electron chi connectivity index (χ2n) is 6.21. The standard InChI is InChI=1S/C18H21N3O5S/c1-13(14-8-10-16(11-9-14)27(25,26)20(2)3)19-18(22)12-15-6-4-5-7-17(15)21(23)24/h4-11,13H,12H2,1-3H3,(H,19,22). The van der Waals surface area contributed by atoms with Gasteiger partial charge in [-0.25, -0.2) is 12.7 Å².